The molecule has 0 saturated carbocycles. The second-order valence-corrected chi connectivity index (χ2v) is 4.30. The number of carbonyl (C=O) groups excluding carboxylic acids is 1. The molecule has 1 aliphatic heterocycles. The normalized spacial score (nSPS) is 19.2. The van der Waals surface area contributed by atoms with Gasteiger partial charge in [0.05, 0.1) is 25.7 Å². The first-order valence-corrected chi connectivity index (χ1v) is 6.57. The fourth-order valence-electron chi connectivity index (χ4n) is 1.91. The average molecular weight is 274 g/mol. The summed E-state index contributed by atoms with van der Waals surface area (Å²) in [6.07, 6.45) is 0.653. The number of amides is 2. The number of carboxylic acids is 1. The molecule has 1 atom stereocenters. The summed E-state index contributed by atoms with van der Waals surface area (Å²) in [4.78, 5) is 24.2. The van der Waals surface area contributed by atoms with Crippen molar-refractivity contribution in [3.63, 3.8) is 0 Å². The van der Waals surface area contributed by atoms with E-state index in [1.165, 1.54) is 4.90 Å². The second kappa shape index (κ2) is 8.71. The Morgan fingerprint density at radius 1 is 1.53 bits per heavy atom. The predicted molar refractivity (Wildman–Crippen MR) is 68.1 cm³/mol. The van der Waals surface area contributed by atoms with Crippen molar-refractivity contribution in [1.29, 1.82) is 0 Å². The summed E-state index contributed by atoms with van der Waals surface area (Å²) < 4.78 is 10.4. The van der Waals surface area contributed by atoms with Crippen LogP contribution in [0.15, 0.2) is 0 Å². The van der Waals surface area contributed by atoms with Crippen LogP contribution in [0, 0.1) is 0 Å². The number of hydrogen-bond acceptors (Lipinski definition) is 4. The predicted octanol–water partition coefficient (Wildman–Crippen LogP) is 0.298. The molecular formula is C12H22N2O5. The maximum atomic E-state index is 11.9. The van der Waals surface area contributed by atoms with Gasteiger partial charge in [0, 0.05) is 26.3 Å². The fourth-order valence-corrected chi connectivity index (χ4v) is 1.91. The van der Waals surface area contributed by atoms with Gasteiger partial charge in [-0.25, -0.2) is 4.79 Å². The molecule has 7 nitrogen and oxygen atoms in total. The zero-order chi connectivity index (χ0) is 14.1. The number of morpholine rings is 1. The van der Waals surface area contributed by atoms with Gasteiger partial charge >= 0.3 is 12.0 Å². The smallest absolute Gasteiger partial charge is 0.317 e. The topological polar surface area (TPSA) is 88.1 Å². The van der Waals surface area contributed by atoms with Gasteiger partial charge in [-0.2, -0.15) is 0 Å². The van der Waals surface area contributed by atoms with E-state index in [1.807, 2.05) is 6.92 Å². The molecule has 0 aliphatic carbocycles. The molecule has 0 spiro atoms. The largest absolute Gasteiger partial charge is 0.481 e. The van der Waals surface area contributed by atoms with Crippen LogP contribution in [0.4, 0.5) is 4.79 Å². The highest BCUT2D eigenvalue weighted by atomic mass is 16.5. The van der Waals surface area contributed by atoms with Crippen LogP contribution in [0.5, 0.6) is 0 Å². The number of nitrogens with zero attached hydrogens (tertiary/aromatic N) is 1. The molecule has 0 aromatic rings. The van der Waals surface area contributed by atoms with Crippen molar-refractivity contribution in [2.45, 2.75) is 25.8 Å². The van der Waals surface area contributed by atoms with Crippen LogP contribution in [-0.2, 0) is 14.3 Å². The van der Waals surface area contributed by atoms with Crippen LogP contribution in [0.3, 0.4) is 0 Å². The number of ether oxygens (including phenoxy) is 2. The molecule has 2 amide bonds. The monoisotopic (exact) mass is 274 g/mol. The maximum Gasteiger partial charge on any atom is 0.317 e. The Morgan fingerprint density at radius 2 is 2.32 bits per heavy atom. The standard InChI is InChI=1S/C12H22N2O5/c1-2-18-6-3-4-13-12(17)14-5-7-19-9-10(14)8-11(15)16/h10H,2-9H2,1H3,(H,13,17)(H,15,16). The summed E-state index contributed by atoms with van der Waals surface area (Å²) in [5.74, 6) is -0.926. The van der Waals surface area contributed by atoms with E-state index in [4.69, 9.17) is 14.6 Å². The van der Waals surface area contributed by atoms with Gasteiger partial charge in [-0.1, -0.05) is 0 Å². The fraction of sp³-hybridized carbons (Fsp3) is 0.833. The van der Waals surface area contributed by atoms with E-state index in [0.29, 0.717) is 32.9 Å². The summed E-state index contributed by atoms with van der Waals surface area (Å²) in [6.45, 7) is 4.87. The van der Waals surface area contributed by atoms with Crippen LogP contribution in [0.2, 0.25) is 0 Å². The van der Waals surface area contributed by atoms with Crippen LogP contribution in [0.25, 0.3) is 0 Å². The molecule has 0 aromatic heterocycles. The Labute approximate surface area is 112 Å². The van der Waals surface area contributed by atoms with Crippen molar-refractivity contribution in [2.24, 2.45) is 0 Å². The van der Waals surface area contributed by atoms with E-state index in [9.17, 15) is 9.59 Å². The molecule has 7 heteroatoms. The van der Waals surface area contributed by atoms with Crippen LogP contribution in [-0.4, -0.2) is 67.6 Å². The first-order chi connectivity index (χ1) is 9.15. The van der Waals surface area contributed by atoms with Gasteiger partial charge in [0.2, 0.25) is 0 Å². The highest BCUT2D eigenvalue weighted by Gasteiger charge is 2.28. The Bertz CT molecular complexity index is 298. The Balaban J connectivity index is 2.32. The third kappa shape index (κ3) is 5.89. The van der Waals surface area contributed by atoms with Crippen molar-refractivity contribution in [3.8, 4) is 0 Å². The van der Waals surface area contributed by atoms with E-state index in [1.54, 1.807) is 0 Å². The molecule has 1 unspecified atom stereocenters. The molecular weight excluding hydrogens is 252 g/mol. The number of rotatable bonds is 7. The lowest BCUT2D eigenvalue weighted by Crippen LogP contribution is -2.53. The van der Waals surface area contributed by atoms with E-state index in [2.05, 4.69) is 5.32 Å². The molecule has 1 fully saturated rings. The van der Waals surface area contributed by atoms with E-state index in [0.717, 1.165) is 6.42 Å². The molecule has 2 N–H and O–H groups in total. The van der Waals surface area contributed by atoms with Crippen molar-refractivity contribution in [1.82, 2.24) is 10.2 Å². The van der Waals surface area contributed by atoms with Gasteiger partial charge < -0.3 is 24.8 Å². The molecule has 0 bridgehead atoms. The summed E-state index contributed by atoms with van der Waals surface area (Å²) in [6, 6.07) is -0.621. The molecule has 1 saturated heterocycles. The Morgan fingerprint density at radius 3 is 3.00 bits per heavy atom. The lowest BCUT2D eigenvalue weighted by molar-refractivity contribution is -0.139. The summed E-state index contributed by atoms with van der Waals surface area (Å²) >= 11 is 0. The summed E-state index contributed by atoms with van der Waals surface area (Å²) in [5, 5.41) is 11.6. The van der Waals surface area contributed by atoms with E-state index >= 15 is 0 Å². The highest BCUT2D eigenvalue weighted by Crippen LogP contribution is 2.10. The molecule has 0 radical (unpaired) electrons. The lowest BCUT2D eigenvalue weighted by Gasteiger charge is -2.34. The SMILES string of the molecule is CCOCCCNC(=O)N1CCOCC1CC(=O)O. The second-order valence-electron chi connectivity index (χ2n) is 4.30. The van der Waals surface area contributed by atoms with Gasteiger partial charge in [0.1, 0.15) is 0 Å². The number of hydrogen-bond donors (Lipinski definition) is 2. The zero-order valence-corrected chi connectivity index (χ0v) is 11.3. The Kier molecular flexibility index (Phi) is 7.20. The minimum Gasteiger partial charge on any atom is -0.481 e. The molecule has 110 valence electrons. The number of carboxylic acid groups (broad SMARTS) is 1. The van der Waals surface area contributed by atoms with Crippen molar-refractivity contribution < 1.29 is 24.2 Å². The zero-order valence-electron chi connectivity index (χ0n) is 11.3. The van der Waals surface area contributed by atoms with Crippen molar-refractivity contribution in [3.05, 3.63) is 0 Å². The van der Waals surface area contributed by atoms with Crippen LogP contribution in [0.1, 0.15) is 19.8 Å². The Hall–Kier alpha value is -1.34. The lowest BCUT2D eigenvalue weighted by atomic mass is 10.1. The molecule has 1 aliphatic rings. The van der Waals surface area contributed by atoms with Gasteiger partial charge in [-0.3, -0.25) is 4.79 Å². The number of nitrogens with one attached hydrogen (secondary N) is 1. The molecule has 1 heterocycles. The van der Waals surface area contributed by atoms with Gasteiger partial charge in [-0.15, -0.1) is 0 Å². The quantitative estimate of drug-likeness (QED) is 0.652. The van der Waals surface area contributed by atoms with E-state index in [-0.39, 0.29) is 19.1 Å². The minimum absolute atomic E-state index is 0.0909. The molecule has 1 rings (SSSR count). The van der Waals surface area contributed by atoms with Gasteiger partial charge in [0.15, 0.2) is 0 Å². The number of aliphatic carboxylic acids is 1. The third-order valence-corrected chi connectivity index (χ3v) is 2.84. The minimum atomic E-state index is -0.926. The summed E-state index contributed by atoms with van der Waals surface area (Å²) in [5.41, 5.74) is 0. The van der Waals surface area contributed by atoms with Crippen molar-refractivity contribution >= 4 is 12.0 Å². The summed E-state index contributed by atoms with van der Waals surface area (Å²) in [7, 11) is 0. The maximum absolute atomic E-state index is 11.9. The molecule has 19 heavy (non-hydrogen) atoms. The third-order valence-electron chi connectivity index (χ3n) is 2.84. The molecule has 0 aromatic carbocycles. The first-order valence-electron chi connectivity index (χ1n) is 6.57. The van der Waals surface area contributed by atoms with Crippen molar-refractivity contribution in [2.75, 3.05) is 39.5 Å². The number of carbonyl (C=O) groups is 2. The van der Waals surface area contributed by atoms with Gasteiger partial charge in [0.25, 0.3) is 0 Å². The van der Waals surface area contributed by atoms with Gasteiger partial charge in [-0.05, 0) is 13.3 Å². The van der Waals surface area contributed by atoms with Crippen LogP contribution >= 0.6 is 0 Å². The average Bonchev–Trinajstić information content (AvgIpc) is 2.38. The highest BCUT2D eigenvalue weighted by molar-refractivity contribution is 5.76. The number of urea groups is 1. The first kappa shape index (κ1) is 15.7. The van der Waals surface area contributed by atoms with E-state index < -0.39 is 12.0 Å². The van der Waals surface area contributed by atoms with Crippen LogP contribution < -0.4 is 5.32 Å².